The molecule has 5 heteroatoms. The molecule has 2 heterocycles. The highest BCUT2D eigenvalue weighted by Gasteiger charge is 2.36. The summed E-state index contributed by atoms with van der Waals surface area (Å²) in [5.74, 6) is -0.475. The van der Waals surface area contributed by atoms with Crippen molar-refractivity contribution >= 4 is 17.3 Å². The molecule has 2 rings (SSSR count). The summed E-state index contributed by atoms with van der Waals surface area (Å²) in [6.45, 7) is 5.49. The smallest absolute Gasteiger partial charge is 0.321 e. The third-order valence-electron chi connectivity index (χ3n) is 3.06. The summed E-state index contributed by atoms with van der Waals surface area (Å²) in [6, 6.07) is -0.343. The second-order valence-electron chi connectivity index (χ2n) is 4.40. The van der Waals surface area contributed by atoms with Crippen molar-refractivity contribution in [2.75, 3.05) is 6.54 Å². The molecular weight excluding hydrogens is 224 g/mol. The van der Waals surface area contributed by atoms with E-state index in [1.165, 1.54) is 0 Å². The molecular formula is C11H16N2O2S. The summed E-state index contributed by atoms with van der Waals surface area (Å²) in [6.07, 6.45) is 0.960. The van der Waals surface area contributed by atoms with E-state index in [-0.39, 0.29) is 12.0 Å². The van der Waals surface area contributed by atoms with Crippen molar-refractivity contribution in [1.29, 1.82) is 0 Å². The largest absolute Gasteiger partial charge is 0.480 e. The second-order valence-corrected chi connectivity index (χ2v) is 5.34. The van der Waals surface area contributed by atoms with Crippen LogP contribution in [0.15, 0.2) is 5.38 Å². The molecule has 88 valence electrons. The van der Waals surface area contributed by atoms with E-state index in [2.05, 4.69) is 4.98 Å². The molecule has 1 aromatic heterocycles. The van der Waals surface area contributed by atoms with Crippen LogP contribution in [-0.2, 0) is 11.3 Å². The molecule has 2 unspecified atom stereocenters. The first-order valence-corrected chi connectivity index (χ1v) is 6.33. The number of aliphatic carboxylic acids is 1. The summed E-state index contributed by atoms with van der Waals surface area (Å²) in [5.41, 5.74) is 1.01. The van der Waals surface area contributed by atoms with E-state index in [9.17, 15) is 9.90 Å². The van der Waals surface area contributed by atoms with Crippen LogP contribution in [0, 0.1) is 12.8 Å². The van der Waals surface area contributed by atoms with E-state index in [1.807, 2.05) is 24.1 Å². The summed E-state index contributed by atoms with van der Waals surface area (Å²) in [5, 5.41) is 12.2. The highest BCUT2D eigenvalue weighted by atomic mass is 32.1. The quantitative estimate of drug-likeness (QED) is 0.874. The SMILES string of the molecule is Cc1csc(CN2CCC(C)C2C(=O)O)n1. The summed E-state index contributed by atoms with van der Waals surface area (Å²) in [4.78, 5) is 17.6. The summed E-state index contributed by atoms with van der Waals surface area (Å²) < 4.78 is 0. The molecule has 0 spiro atoms. The maximum absolute atomic E-state index is 11.2. The number of likely N-dealkylation sites (tertiary alicyclic amines) is 1. The Bertz CT molecular complexity index is 391. The van der Waals surface area contributed by atoms with Crippen molar-refractivity contribution in [3.63, 3.8) is 0 Å². The van der Waals surface area contributed by atoms with Gasteiger partial charge in [0.25, 0.3) is 0 Å². The average Bonchev–Trinajstić information content (AvgIpc) is 2.74. The molecule has 1 aliphatic rings. The van der Waals surface area contributed by atoms with Gasteiger partial charge >= 0.3 is 5.97 Å². The Kier molecular flexibility index (Phi) is 3.25. The van der Waals surface area contributed by atoms with Crippen LogP contribution in [-0.4, -0.2) is 33.5 Å². The van der Waals surface area contributed by atoms with Crippen LogP contribution >= 0.6 is 11.3 Å². The predicted molar refractivity (Wildman–Crippen MR) is 62.5 cm³/mol. The molecule has 2 atom stereocenters. The lowest BCUT2D eigenvalue weighted by Gasteiger charge is -2.21. The number of aromatic nitrogens is 1. The number of thiazole rings is 1. The first-order chi connectivity index (χ1) is 7.58. The lowest BCUT2D eigenvalue weighted by atomic mass is 10.0. The van der Waals surface area contributed by atoms with E-state index in [0.29, 0.717) is 6.54 Å². The van der Waals surface area contributed by atoms with Crippen molar-refractivity contribution in [2.45, 2.75) is 32.9 Å². The third kappa shape index (κ3) is 2.25. The number of carboxylic acids is 1. The van der Waals surface area contributed by atoms with Gasteiger partial charge in [0.1, 0.15) is 11.0 Å². The van der Waals surface area contributed by atoms with Crippen molar-refractivity contribution < 1.29 is 9.90 Å². The van der Waals surface area contributed by atoms with E-state index in [0.717, 1.165) is 23.7 Å². The lowest BCUT2D eigenvalue weighted by molar-refractivity contribution is -0.143. The topological polar surface area (TPSA) is 53.4 Å². The Labute approximate surface area is 98.9 Å². The minimum absolute atomic E-state index is 0.235. The zero-order valence-electron chi connectivity index (χ0n) is 9.51. The van der Waals surface area contributed by atoms with Gasteiger partial charge in [0, 0.05) is 11.1 Å². The third-order valence-corrected chi connectivity index (χ3v) is 4.01. The molecule has 0 saturated carbocycles. The maximum atomic E-state index is 11.2. The Morgan fingerprint density at radius 3 is 3.06 bits per heavy atom. The number of nitrogens with zero attached hydrogens (tertiary/aromatic N) is 2. The van der Waals surface area contributed by atoms with Crippen molar-refractivity contribution in [3.8, 4) is 0 Å². The number of hydrogen-bond donors (Lipinski definition) is 1. The fraction of sp³-hybridized carbons (Fsp3) is 0.636. The molecule has 0 radical (unpaired) electrons. The van der Waals surface area contributed by atoms with Gasteiger partial charge in [0.05, 0.1) is 6.54 Å². The lowest BCUT2D eigenvalue weighted by Crippen LogP contribution is -2.38. The molecule has 0 amide bonds. The van der Waals surface area contributed by atoms with E-state index in [4.69, 9.17) is 0 Å². The number of carboxylic acid groups (broad SMARTS) is 1. The van der Waals surface area contributed by atoms with Crippen LogP contribution in [0.5, 0.6) is 0 Å². The van der Waals surface area contributed by atoms with E-state index < -0.39 is 5.97 Å². The van der Waals surface area contributed by atoms with Crippen LogP contribution in [0.4, 0.5) is 0 Å². The highest BCUT2D eigenvalue weighted by molar-refractivity contribution is 7.09. The minimum Gasteiger partial charge on any atom is -0.480 e. The van der Waals surface area contributed by atoms with E-state index >= 15 is 0 Å². The fourth-order valence-corrected chi connectivity index (χ4v) is 3.05. The second kappa shape index (κ2) is 4.51. The molecule has 0 bridgehead atoms. The maximum Gasteiger partial charge on any atom is 0.321 e. The Hall–Kier alpha value is -0.940. The van der Waals surface area contributed by atoms with Crippen molar-refractivity contribution in [2.24, 2.45) is 5.92 Å². The Morgan fingerprint density at radius 1 is 1.75 bits per heavy atom. The zero-order valence-corrected chi connectivity index (χ0v) is 10.3. The van der Waals surface area contributed by atoms with Gasteiger partial charge in [-0.3, -0.25) is 9.69 Å². The highest BCUT2D eigenvalue weighted by Crippen LogP contribution is 2.26. The van der Waals surface area contributed by atoms with Crippen molar-refractivity contribution in [3.05, 3.63) is 16.1 Å². The van der Waals surface area contributed by atoms with E-state index in [1.54, 1.807) is 11.3 Å². The van der Waals surface area contributed by atoms with Gasteiger partial charge < -0.3 is 5.11 Å². The van der Waals surface area contributed by atoms with Gasteiger partial charge in [-0.05, 0) is 25.8 Å². The number of rotatable bonds is 3. The molecule has 16 heavy (non-hydrogen) atoms. The van der Waals surface area contributed by atoms with Gasteiger partial charge in [0.15, 0.2) is 0 Å². The Balaban J connectivity index is 2.07. The van der Waals surface area contributed by atoms with Gasteiger partial charge in [-0.2, -0.15) is 0 Å². The molecule has 1 aromatic rings. The van der Waals surface area contributed by atoms with Crippen LogP contribution < -0.4 is 0 Å². The Morgan fingerprint density at radius 2 is 2.50 bits per heavy atom. The summed E-state index contributed by atoms with van der Waals surface area (Å²) in [7, 11) is 0. The van der Waals surface area contributed by atoms with Crippen LogP contribution in [0.25, 0.3) is 0 Å². The van der Waals surface area contributed by atoms with Gasteiger partial charge in [0.2, 0.25) is 0 Å². The monoisotopic (exact) mass is 240 g/mol. The fourth-order valence-electron chi connectivity index (χ4n) is 2.25. The average molecular weight is 240 g/mol. The first kappa shape index (κ1) is 11.5. The molecule has 1 N–H and O–H groups in total. The van der Waals surface area contributed by atoms with Crippen LogP contribution in [0.3, 0.4) is 0 Å². The van der Waals surface area contributed by atoms with Gasteiger partial charge in [-0.25, -0.2) is 4.98 Å². The number of carbonyl (C=O) groups is 1. The van der Waals surface area contributed by atoms with Crippen LogP contribution in [0.2, 0.25) is 0 Å². The predicted octanol–water partition coefficient (Wildman–Crippen LogP) is 1.75. The van der Waals surface area contributed by atoms with Crippen molar-refractivity contribution in [1.82, 2.24) is 9.88 Å². The molecule has 0 aromatic carbocycles. The number of hydrogen-bond acceptors (Lipinski definition) is 4. The number of aryl methyl sites for hydroxylation is 1. The normalized spacial score (nSPS) is 26.1. The summed E-state index contributed by atoms with van der Waals surface area (Å²) >= 11 is 1.61. The standard InChI is InChI=1S/C11H16N2O2S/c1-7-3-4-13(10(7)11(14)15)5-9-12-8(2)6-16-9/h6-7,10H,3-5H2,1-2H3,(H,14,15). The molecule has 0 aliphatic carbocycles. The molecule has 1 saturated heterocycles. The molecule has 1 fully saturated rings. The molecule has 1 aliphatic heterocycles. The minimum atomic E-state index is -0.710. The van der Waals surface area contributed by atoms with Crippen LogP contribution in [0.1, 0.15) is 24.0 Å². The molecule has 4 nitrogen and oxygen atoms in total. The first-order valence-electron chi connectivity index (χ1n) is 5.46. The van der Waals surface area contributed by atoms with Gasteiger partial charge in [-0.15, -0.1) is 11.3 Å². The van der Waals surface area contributed by atoms with Gasteiger partial charge in [-0.1, -0.05) is 6.92 Å². The zero-order chi connectivity index (χ0) is 11.7.